The third-order valence-corrected chi connectivity index (χ3v) is 3.64. The van der Waals surface area contributed by atoms with Crippen LogP contribution in [0.15, 0.2) is 41.3 Å². The maximum Gasteiger partial charge on any atom is 0.275 e. The van der Waals surface area contributed by atoms with E-state index in [9.17, 15) is 14.0 Å². The fraction of sp³-hybridized carbons (Fsp3) is 0.250. The van der Waals surface area contributed by atoms with E-state index in [1.54, 1.807) is 28.8 Å². The van der Waals surface area contributed by atoms with Crippen LogP contribution in [0.5, 0.6) is 0 Å². The highest BCUT2D eigenvalue weighted by Crippen LogP contribution is 2.17. The van der Waals surface area contributed by atoms with Gasteiger partial charge in [0.15, 0.2) is 0 Å². The highest BCUT2D eigenvalue weighted by atomic mass is 19.1. The van der Waals surface area contributed by atoms with Crippen molar-refractivity contribution in [3.8, 4) is 0 Å². The summed E-state index contributed by atoms with van der Waals surface area (Å²) >= 11 is 0. The van der Waals surface area contributed by atoms with Crippen molar-refractivity contribution in [2.75, 3.05) is 6.54 Å². The molecule has 0 fully saturated rings. The van der Waals surface area contributed by atoms with Gasteiger partial charge in [-0.3, -0.25) is 9.59 Å². The molecular formula is C16H16FN3O2. The summed E-state index contributed by atoms with van der Waals surface area (Å²) in [5.74, 6) is -0.542. The summed E-state index contributed by atoms with van der Waals surface area (Å²) in [5.41, 5.74) is 1.50. The molecule has 0 aliphatic carbocycles. The van der Waals surface area contributed by atoms with Crippen molar-refractivity contribution < 1.29 is 9.18 Å². The second kappa shape index (κ2) is 5.63. The number of rotatable bonds is 4. The molecule has 1 aromatic carbocycles. The van der Waals surface area contributed by atoms with E-state index < -0.39 is 5.82 Å². The van der Waals surface area contributed by atoms with Gasteiger partial charge < -0.3 is 14.3 Å². The van der Waals surface area contributed by atoms with Gasteiger partial charge in [0.25, 0.3) is 5.56 Å². The number of aryl methyl sites for hydroxylation is 1. The van der Waals surface area contributed by atoms with Crippen LogP contribution < -0.4 is 10.9 Å². The maximum absolute atomic E-state index is 13.6. The van der Waals surface area contributed by atoms with Crippen LogP contribution in [0.2, 0.25) is 0 Å². The van der Waals surface area contributed by atoms with Crippen LogP contribution in [-0.2, 0) is 11.3 Å². The first-order valence-electron chi connectivity index (χ1n) is 7.17. The monoisotopic (exact) mass is 301 g/mol. The van der Waals surface area contributed by atoms with Crippen molar-refractivity contribution >= 4 is 22.5 Å². The third kappa shape index (κ3) is 2.36. The lowest BCUT2D eigenvalue weighted by molar-refractivity contribution is -0.121. The maximum atomic E-state index is 13.6. The Kier molecular flexibility index (Phi) is 3.66. The van der Waals surface area contributed by atoms with Crippen LogP contribution in [0.1, 0.15) is 13.3 Å². The van der Waals surface area contributed by atoms with E-state index >= 15 is 0 Å². The summed E-state index contributed by atoms with van der Waals surface area (Å²) < 4.78 is 16.8. The normalized spacial score (nSPS) is 11.2. The van der Waals surface area contributed by atoms with Gasteiger partial charge in [0.05, 0.1) is 11.0 Å². The Bertz CT molecular complexity index is 911. The second-order valence-corrected chi connectivity index (χ2v) is 5.06. The van der Waals surface area contributed by atoms with E-state index in [1.165, 1.54) is 16.7 Å². The average Bonchev–Trinajstić information content (AvgIpc) is 2.97. The molecule has 2 heterocycles. The number of carbonyl (C=O) groups excluding carboxylic acids is 1. The van der Waals surface area contributed by atoms with E-state index in [0.717, 1.165) is 5.52 Å². The average molecular weight is 301 g/mol. The lowest BCUT2D eigenvalue weighted by Crippen LogP contribution is -2.28. The Balaban J connectivity index is 2.17. The van der Waals surface area contributed by atoms with Crippen LogP contribution in [-0.4, -0.2) is 21.4 Å². The molecule has 114 valence electrons. The number of fused-ring (bicyclic) bond motifs is 3. The van der Waals surface area contributed by atoms with Gasteiger partial charge in [0, 0.05) is 25.7 Å². The third-order valence-electron chi connectivity index (χ3n) is 3.64. The number of nitrogens with zero attached hydrogens (tertiary/aromatic N) is 2. The first-order valence-corrected chi connectivity index (χ1v) is 7.17. The quantitative estimate of drug-likeness (QED) is 0.800. The number of amides is 1. The Morgan fingerprint density at radius 2 is 2.05 bits per heavy atom. The van der Waals surface area contributed by atoms with Crippen molar-refractivity contribution in [3.05, 3.63) is 52.7 Å². The van der Waals surface area contributed by atoms with Crippen molar-refractivity contribution in [1.82, 2.24) is 14.3 Å². The SMILES string of the molecule is CCNC(=O)CCn1c(=O)c2cccn2c2ccc(F)cc21. The number of benzene rings is 1. The zero-order valence-electron chi connectivity index (χ0n) is 12.2. The highest BCUT2D eigenvalue weighted by Gasteiger charge is 2.12. The van der Waals surface area contributed by atoms with Crippen LogP contribution >= 0.6 is 0 Å². The first kappa shape index (κ1) is 14.3. The zero-order valence-corrected chi connectivity index (χ0v) is 12.2. The fourth-order valence-electron chi connectivity index (χ4n) is 2.65. The molecule has 0 radical (unpaired) electrons. The smallest absolute Gasteiger partial charge is 0.275 e. The van der Waals surface area contributed by atoms with Crippen LogP contribution in [0.25, 0.3) is 16.6 Å². The summed E-state index contributed by atoms with van der Waals surface area (Å²) in [4.78, 5) is 24.2. The lowest BCUT2D eigenvalue weighted by atomic mass is 10.2. The molecule has 6 heteroatoms. The molecule has 0 saturated carbocycles. The Morgan fingerprint density at radius 3 is 2.82 bits per heavy atom. The van der Waals surface area contributed by atoms with Gasteiger partial charge >= 0.3 is 0 Å². The molecule has 1 N–H and O–H groups in total. The van der Waals surface area contributed by atoms with Gasteiger partial charge in [-0.15, -0.1) is 0 Å². The molecule has 2 aromatic heterocycles. The molecular weight excluding hydrogens is 285 g/mol. The van der Waals surface area contributed by atoms with Crippen molar-refractivity contribution in [2.24, 2.45) is 0 Å². The van der Waals surface area contributed by atoms with Crippen LogP contribution in [0, 0.1) is 5.82 Å². The van der Waals surface area contributed by atoms with Gasteiger partial charge in [-0.25, -0.2) is 4.39 Å². The number of halogens is 1. The molecule has 0 unspecified atom stereocenters. The van der Waals surface area contributed by atoms with Crippen LogP contribution in [0.4, 0.5) is 4.39 Å². The molecule has 0 atom stereocenters. The largest absolute Gasteiger partial charge is 0.356 e. The molecule has 22 heavy (non-hydrogen) atoms. The number of hydrogen-bond acceptors (Lipinski definition) is 2. The molecule has 3 aromatic rings. The van der Waals surface area contributed by atoms with Gasteiger partial charge in [-0.1, -0.05) is 0 Å². The predicted octanol–water partition coefficient (Wildman–Crippen LogP) is 1.92. The van der Waals surface area contributed by atoms with Gasteiger partial charge in [0.1, 0.15) is 11.3 Å². The molecule has 1 amide bonds. The topological polar surface area (TPSA) is 55.5 Å². The van der Waals surface area contributed by atoms with Crippen molar-refractivity contribution in [1.29, 1.82) is 0 Å². The van der Waals surface area contributed by atoms with Gasteiger partial charge in [-0.05, 0) is 37.3 Å². The molecule has 0 aliphatic heterocycles. The number of aromatic nitrogens is 2. The first-order chi connectivity index (χ1) is 10.6. The second-order valence-electron chi connectivity index (χ2n) is 5.06. The standard InChI is InChI=1S/C16H16FN3O2/c1-2-18-15(21)7-9-20-14-10-11(17)5-6-12(14)19-8-3-4-13(19)16(20)22/h3-6,8,10H,2,7,9H2,1H3,(H,18,21). The minimum Gasteiger partial charge on any atom is -0.356 e. The van der Waals surface area contributed by atoms with Crippen molar-refractivity contribution in [3.63, 3.8) is 0 Å². The summed E-state index contributed by atoms with van der Waals surface area (Å²) in [6.07, 6.45) is 1.95. The number of nitrogens with one attached hydrogen (secondary N) is 1. The highest BCUT2D eigenvalue weighted by molar-refractivity contribution is 5.80. The molecule has 5 nitrogen and oxygen atoms in total. The molecule has 0 aliphatic rings. The number of carbonyl (C=O) groups is 1. The van der Waals surface area contributed by atoms with E-state index in [2.05, 4.69) is 5.32 Å². The molecule has 3 rings (SSSR count). The Hall–Kier alpha value is -2.63. The summed E-state index contributed by atoms with van der Waals surface area (Å²) in [7, 11) is 0. The minimum atomic E-state index is -0.412. The summed E-state index contributed by atoms with van der Waals surface area (Å²) in [6.45, 7) is 2.59. The van der Waals surface area contributed by atoms with Crippen molar-refractivity contribution in [2.45, 2.75) is 19.9 Å². The Morgan fingerprint density at radius 1 is 1.23 bits per heavy atom. The zero-order chi connectivity index (χ0) is 15.7. The van der Waals surface area contributed by atoms with E-state index in [0.29, 0.717) is 17.6 Å². The van der Waals surface area contributed by atoms with E-state index in [1.807, 2.05) is 6.92 Å². The van der Waals surface area contributed by atoms with Gasteiger partial charge in [0.2, 0.25) is 5.91 Å². The van der Waals surface area contributed by atoms with E-state index in [-0.39, 0.29) is 24.4 Å². The number of hydrogen-bond donors (Lipinski definition) is 1. The van der Waals surface area contributed by atoms with Gasteiger partial charge in [-0.2, -0.15) is 0 Å². The van der Waals surface area contributed by atoms with E-state index in [4.69, 9.17) is 0 Å². The van der Waals surface area contributed by atoms with Crippen LogP contribution in [0.3, 0.4) is 0 Å². The molecule has 0 saturated heterocycles. The molecule has 0 spiro atoms. The summed E-state index contributed by atoms with van der Waals surface area (Å²) in [5, 5.41) is 2.69. The fourth-order valence-corrected chi connectivity index (χ4v) is 2.65. The summed E-state index contributed by atoms with van der Waals surface area (Å²) in [6, 6.07) is 7.81. The molecule has 0 bridgehead atoms. The Labute approximate surface area is 126 Å². The predicted molar refractivity (Wildman–Crippen MR) is 82.4 cm³/mol. The lowest BCUT2D eigenvalue weighted by Gasteiger charge is -2.12. The minimum absolute atomic E-state index is 0.130.